The minimum absolute atomic E-state index is 0.0190. The Morgan fingerprint density at radius 3 is 2.71 bits per heavy atom. The van der Waals surface area contributed by atoms with Crippen molar-refractivity contribution < 1.29 is 14.3 Å². The van der Waals surface area contributed by atoms with Crippen LogP contribution in [0.2, 0.25) is 0 Å². The van der Waals surface area contributed by atoms with Crippen LogP contribution in [0.1, 0.15) is 40.7 Å². The number of amides is 1. The second-order valence-electron chi connectivity index (χ2n) is 6.04. The molecule has 24 heavy (non-hydrogen) atoms. The lowest BCUT2D eigenvalue weighted by molar-refractivity contribution is -0.116. The van der Waals surface area contributed by atoms with Gasteiger partial charge in [-0.05, 0) is 48.6 Å². The van der Waals surface area contributed by atoms with Gasteiger partial charge in [0.05, 0.1) is 7.11 Å². The first-order chi connectivity index (χ1) is 11.7. The maximum absolute atomic E-state index is 12.3. The maximum atomic E-state index is 12.3. The predicted octanol–water partition coefficient (Wildman–Crippen LogP) is 3.79. The Labute approximate surface area is 141 Å². The Kier molecular flexibility index (Phi) is 4.94. The number of benzene rings is 2. The Hall–Kier alpha value is -2.62. The van der Waals surface area contributed by atoms with Gasteiger partial charge in [-0.25, -0.2) is 0 Å². The number of ether oxygens (including phenoxy) is 1. The van der Waals surface area contributed by atoms with Crippen LogP contribution in [0.25, 0.3) is 0 Å². The van der Waals surface area contributed by atoms with Crippen LogP contribution < -0.4 is 10.1 Å². The van der Waals surface area contributed by atoms with Gasteiger partial charge < -0.3 is 10.1 Å². The summed E-state index contributed by atoms with van der Waals surface area (Å²) in [7, 11) is 1.58. The highest BCUT2D eigenvalue weighted by atomic mass is 16.5. The zero-order valence-corrected chi connectivity index (χ0v) is 13.8. The third kappa shape index (κ3) is 3.82. The lowest BCUT2D eigenvalue weighted by Gasteiger charge is -2.07. The highest BCUT2D eigenvalue weighted by Gasteiger charge is 2.15. The van der Waals surface area contributed by atoms with E-state index in [0.29, 0.717) is 17.0 Å². The fraction of sp³-hybridized carbons (Fsp3) is 0.300. The molecule has 0 saturated heterocycles. The number of anilines is 1. The summed E-state index contributed by atoms with van der Waals surface area (Å²) in [6.07, 6.45) is 3.71. The van der Waals surface area contributed by atoms with Crippen molar-refractivity contribution in [2.24, 2.45) is 0 Å². The standard InChI is InChI=1S/C20H21NO3/c1-24-18-7-3-6-17(13-18)21-20(23)11-10-19(22)16-9-8-14-4-2-5-15(14)12-16/h3,6-9,12-13H,2,4-5,10-11H2,1H3,(H,21,23). The molecule has 4 nitrogen and oxygen atoms in total. The largest absolute Gasteiger partial charge is 0.497 e. The number of ketones is 1. The first-order valence-electron chi connectivity index (χ1n) is 8.24. The van der Waals surface area contributed by atoms with Crippen molar-refractivity contribution in [3.63, 3.8) is 0 Å². The zero-order chi connectivity index (χ0) is 16.9. The van der Waals surface area contributed by atoms with Gasteiger partial charge in [0.25, 0.3) is 0 Å². The van der Waals surface area contributed by atoms with Gasteiger partial charge in [0.2, 0.25) is 5.91 Å². The fourth-order valence-electron chi connectivity index (χ4n) is 3.04. The fourth-order valence-corrected chi connectivity index (χ4v) is 3.04. The number of carbonyl (C=O) groups excluding carboxylic acids is 2. The number of rotatable bonds is 6. The van der Waals surface area contributed by atoms with Crippen molar-refractivity contribution in [3.8, 4) is 5.75 Å². The van der Waals surface area contributed by atoms with E-state index in [-0.39, 0.29) is 24.5 Å². The van der Waals surface area contributed by atoms with Crippen LogP contribution in [0.4, 0.5) is 5.69 Å². The molecule has 0 spiro atoms. The van der Waals surface area contributed by atoms with Crippen LogP contribution >= 0.6 is 0 Å². The van der Waals surface area contributed by atoms with E-state index in [1.165, 1.54) is 11.1 Å². The highest BCUT2D eigenvalue weighted by molar-refractivity contribution is 6.00. The average molecular weight is 323 g/mol. The van der Waals surface area contributed by atoms with Gasteiger partial charge in [0.15, 0.2) is 5.78 Å². The lowest BCUT2D eigenvalue weighted by atomic mass is 10.0. The highest BCUT2D eigenvalue weighted by Crippen LogP contribution is 2.23. The molecule has 1 amide bonds. The van der Waals surface area contributed by atoms with E-state index in [2.05, 4.69) is 5.32 Å². The lowest BCUT2D eigenvalue weighted by Crippen LogP contribution is -2.13. The summed E-state index contributed by atoms with van der Waals surface area (Å²) in [5.74, 6) is 0.533. The van der Waals surface area contributed by atoms with E-state index >= 15 is 0 Å². The number of Topliss-reactive ketones (excluding diaryl/α,β-unsaturated/α-hetero) is 1. The number of hydrogen-bond donors (Lipinski definition) is 1. The molecule has 0 heterocycles. The molecule has 0 fully saturated rings. The molecule has 0 aromatic heterocycles. The van der Waals surface area contributed by atoms with Crippen molar-refractivity contribution in [1.29, 1.82) is 0 Å². The van der Waals surface area contributed by atoms with Crippen LogP contribution in [0, 0.1) is 0 Å². The molecular formula is C20H21NO3. The van der Waals surface area contributed by atoms with Crippen LogP contribution in [-0.4, -0.2) is 18.8 Å². The molecule has 2 aromatic rings. The van der Waals surface area contributed by atoms with E-state index in [9.17, 15) is 9.59 Å². The van der Waals surface area contributed by atoms with E-state index < -0.39 is 0 Å². The van der Waals surface area contributed by atoms with E-state index in [0.717, 1.165) is 19.3 Å². The molecule has 0 radical (unpaired) electrons. The van der Waals surface area contributed by atoms with Crippen molar-refractivity contribution in [1.82, 2.24) is 0 Å². The molecule has 3 rings (SSSR count). The van der Waals surface area contributed by atoms with Crippen LogP contribution in [0.5, 0.6) is 5.75 Å². The van der Waals surface area contributed by atoms with Gasteiger partial charge in [-0.15, -0.1) is 0 Å². The molecular weight excluding hydrogens is 302 g/mol. The van der Waals surface area contributed by atoms with E-state index in [1.807, 2.05) is 30.3 Å². The molecule has 0 unspecified atom stereocenters. The number of aryl methyl sites for hydroxylation is 2. The number of carbonyl (C=O) groups is 2. The zero-order valence-electron chi connectivity index (χ0n) is 13.8. The molecule has 0 atom stereocenters. The average Bonchev–Trinajstić information content (AvgIpc) is 3.07. The van der Waals surface area contributed by atoms with Crippen LogP contribution in [-0.2, 0) is 17.6 Å². The quantitative estimate of drug-likeness (QED) is 0.823. The van der Waals surface area contributed by atoms with Gasteiger partial charge in [-0.1, -0.05) is 18.2 Å². The van der Waals surface area contributed by atoms with Crippen LogP contribution in [0.3, 0.4) is 0 Å². The monoisotopic (exact) mass is 323 g/mol. The Morgan fingerprint density at radius 2 is 1.88 bits per heavy atom. The third-order valence-electron chi connectivity index (χ3n) is 4.35. The SMILES string of the molecule is COc1cccc(NC(=O)CCC(=O)c2ccc3c(c2)CCC3)c1. The summed E-state index contributed by atoms with van der Waals surface area (Å²) < 4.78 is 5.12. The van der Waals surface area contributed by atoms with E-state index in [4.69, 9.17) is 4.74 Å². The van der Waals surface area contributed by atoms with Crippen LogP contribution in [0.15, 0.2) is 42.5 Å². The van der Waals surface area contributed by atoms with Gasteiger partial charge in [0.1, 0.15) is 5.75 Å². The topological polar surface area (TPSA) is 55.4 Å². The molecule has 1 aliphatic rings. The van der Waals surface area contributed by atoms with Gasteiger partial charge in [0, 0.05) is 30.2 Å². The number of nitrogens with one attached hydrogen (secondary N) is 1. The Bertz CT molecular complexity index is 767. The third-order valence-corrected chi connectivity index (χ3v) is 4.35. The van der Waals surface area contributed by atoms with Crippen molar-refractivity contribution in [2.45, 2.75) is 32.1 Å². The molecule has 2 aromatic carbocycles. The summed E-state index contributed by atoms with van der Waals surface area (Å²) in [5, 5.41) is 2.79. The minimum Gasteiger partial charge on any atom is -0.497 e. The summed E-state index contributed by atoms with van der Waals surface area (Å²) in [6.45, 7) is 0. The Morgan fingerprint density at radius 1 is 1.04 bits per heavy atom. The molecule has 1 aliphatic carbocycles. The first kappa shape index (κ1) is 16.2. The molecule has 0 aliphatic heterocycles. The van der Waals surface area contributed by atoms with Crippen molar-refractivity contribution in [2.75, 3.05) is 12.4 Å². The molecule has 4 heteroatoms. The maximum Gasteiger partial charge on any atom is 0.224 e. The molecule has 1 N–H and O–H groups in total. The van der Waals surface area contributed by atoms with Gasteiger partial charge >= 0.3 is 0 Å². The Balaban J connectivity index is 1.54. The smallest absolute Gasteiger partial charge is 0.224 e. The molecule has 0 bridgehead atoms. The van der Waals surface area contributed by atoms with Crippen molar-refractivity contribution >= 4 is 17.4 Å². The van der Waals surface area contributed by atoms with E-state index in [1.54, 1.807) is 19.2 Å². The molecule has 124 valence electrons. The predicted molar refractivity (Wildman–Crippen MR) is 93.7 cm³/mol. The summed E-state index contributed by atoms with van der Waals surface area (Å²) in [6, 6.07) is 13.1. The number of hydrogen-bond acceptors (Lipinski definition) is 3. The summed E-state index contributed by atoms with van der Waals surface area (Å²) in [5.41, 5.74) is 4.01. The number of fused-ring (bicyclic) bond motifs is 1. The van der Waals surface area contributed by atoms with Crippen molar-refractivity contribution in [3.05, 3.63) is 59.2 Å². The van der Waals surface area contributed by atoms with Gasteiger partial charge in [-0.2, -0.15) is 0 Å². The second-order valence-corrected chi connectivity index (χ2v) is 6.04. The second kappa shape index (κ2) is 7.30. The van der Waals surface area contributed by atoms with Gasteiger partial charge in [-0.3, -0.25) is 9.59 Å². The summed E-state index contributed by atoms with van der Waals surface area (Å²) >= 11 is 0. The number of methoxy groups -OCH3 is 1. The normalized spacial score (nSPS) is 12.5. The summed E-state index contributed by atoms with van der Waals surface area (Å²) in [4.78, 5) is 24.3. The first-order valence-corrected chi connectivity index (χ1v) is 8.24. The minimum atomic E-state index is -0.169. The molecule has 0 saturated carbocycles.